The Morgan fingerprint density at radius 2 is 2.14 bits per heavy atom. The number of nitrogens with one attached hydrogen (secondary N) is 1. The standard InChI is InChI=1S/C17H24N4/c1-2-20-9-7-16(13-20)12-19-11-15-3-5-17(6-4-15)21-10-8-18-14-21/h3-6,8,10,14,16,19H,2,7,9,11-13H2,1H3. The molecule has 1 N–H and O–H groups in total. The quantitative estimate of drug-likeness (QED) is 0.883. The van der Waals surface area contributed by atoms with Crippen molar-refractivity contribution in [3.05, 3.63) is 48.5 Å². The van der Waals surface area contributed by atoms with Gasteiger partial charge in [-0.05, 0) is 49.7 Å². The van der Waals surface area contributed by atoms with E-state index in [0.29, 0.717) is 0 Å². The van der Waals surface area contributed by atoms with Crippen LogP contribution in [0.2, 0.25) is 0 Å². The van der Waals surface area contributed by atoms with Gasteiger partial charge in [-0.2, -0.15) is 0 Å². The fourth-order valence-corrected chi connectivity index (χ4v) is 2.99. The molecule has 0 amide bonds. The number of rotatable bonds is 6. The molecular formula is C17H24N4. The van der Waals surface area contributed by atoms with Crippen molar-refractivity contribution in [3.63, 3.8) is 0 Å². The van der Waals surface area contributed by atoms with E-state index < -0.39 is 0 Å². The lowest BCUT2D eigenvalue weighted by molar-refractivity contribution is 0.339. The zero-order valence-corrected chi connectivity index (χ0v) is 12.7. The van der Waals surface area contributed by atoms with Crippen LogP contribution < -0.4 is 5.32 Å². The number of aromatic nitrogens is 2. The van der Waals surface area contributed by atoms with Crippen molar-refractivity contribution in [1.29, 1.82) is 0 Å². The summed E-state index contributed by atoms with van der Waals surface area (Å²) in [5, 5.41) is 3.60. The van der Waals surface area contributed by atoms with Crippen LogP contribution in [0.5, 0.6) is 0 Å². The summed E-state index contributed by atoms with van der Waals surface area (Å²) in [6.45, 7) is 8.03. The first-order valence-electron chi connectivity index (χ1n) is 7.85. The lowest BCUT2D eigenvalue weighted by Gasteiger charge is -2.14. The summed E-state index contributed by atoms with van der Waals surface area (Å²) in [4.78, 5) is 6.61. The molecule has 4 heteroatoms. The molecule has 3 rings (SSSR count). The fourth-order valence-electron chi connectivity index (χ4n) is 2.99. The van der Waals surface area contributed by atoms with E-state index >= 15 is 0 Å². The van der Waals surface area contributed by atoms with Crippen LogP contribution in [0.15, 0.2) is 43.0 Å². The summed E-state index contributed by atoms with van der Waals surface area (Å²) in [5.41, 5.74) is 2.50. The van der Waals surface area contributed by atoms with Gasteiger partial charge in [0.05, 0.1) is 6.33 Å². The molecule has 2 heterocycles. The molecule has 21 heavy (non-hydrogen) atoms. The van der Waals surface area contributed by atoms with Crippen LogP contribution in [0.3, 0.4) is 0 Å². The van der Waals surface area contributed by atoms with Crippen LogP contribution in [-0.2, 0) is 6.54 Å². The predicted molar refractivity (Wildman–Crippen MR) is 85.5 cm³/mol. The number of benzene rings is 1. The number of nitrogens with zero attached hydrogens (tertiary/aromatic N) is 3. The third-order valence-electron chi connectivity index (χ3n) is 4.32. The van der Waals surface area contributed by atoms with E-state index in [1.165, 1.54) is 31.6 Å². The molecule has 1 fully saturated rings. The molecule has 1 unspecified atom stereocenters. The van der Waals surface area contributed by atoms with Crippen molar-refractivity contribution >= 4 is 0 Å². The molecule has 2 aromatic rings. The van der Waals surface area contributed by atoms with Gasteiger partial charge >= 0.3 is 0 Å². The van der Waals surface area contributed by atoms with Crippen molar-refractivity contribution in [2.24, 2.45) is 5.92 Å². The summed E-state index contributed by atoms with van der Waals surface area (Å²) in [6, 6.07) is 8.67. The first kappa shape index (κ1) is 14.3. The van der Waals surface area contributed by atoms with E-state index in [0.717, 1.165) is 24.7 Å². The second kappa shape index (κ2) is 6.87. The van der Waals surface area contributed by atoms with Gasteiger partial charge in [0.15, 0.2) is 0 Å². The Morgan fingerprint density at radius 3 is 2.81 bits per heavy atom. The Hall–Kier alpha value is -1.65. The Kier molecular flexibility index (Phi) is 4.68. The first-order valence-corrected chi connectivity index (χ1v) is 7.85. The fraction of sp³-hybridized carbons (Fsp3) is 0.471. The van der Waals surface area contributed by atoms with Crippen LogP contribution in [0.4, 0.5) is 0 Å². The number of hydrogen-bond donors (Lipinski definition) is 1. The molecule has 0 aliphatic carbocycles. The van der Waals surface area contributed by atoms with Gasteiger partial charge in [-0.25, -0.2) is 4.98 Å². The maximum atomic E-state index is 4.07. The van der Waals surface area contributed by atoms with E-state index in [1.807, 2.05) is 17.1 Å². The van der Waals surface area contributed by atoms with E-state index in [4.69, 9.17) is 0 Å². The molecule has 1 aliphatic heterocycles. The van der Waals surface area contributed by atoms with Crippen LogP contribution >= 0.6 is 0 Å². The van der Waals surface area contributed by atoms with E-state index in [9.17, 15) is 0 Å². The van der Waals surface area contributed by atoms with Crippen molar-refractivity contribution in [1.82, 2.24) is 19.8 Å². The van der Waals surface area contributed by atoms with Gasteiger partial charge in [-0.1, -0.05) is 19.1 Å². The predicted octanol–water partition coefficient (Wildman–Crippen LogP) is 2.30. The number of hydrogen-bond acceptors (Lipinski definition) is 3. The van der Waals surface area contributed by atoms with E-state index in [-0.39, 0.29) is 0 Å². The van der Waals surface area contributed by atoms with Crippen LogP contribution in [0.25, 0.3) is 5.69 Å². The highest BCUT2D eigenvalue weighted by Crippen LogP contribution is 2.15. The van der Waals surface area contributed by atoms with Gasteiger partial charge in [-0.3, -0.25) is 0 Å². The number of likely N-dealkylation sites (tertiary alicyclic amines) is 1. The van der Waals surface area contributed by atoms with Gasteiger partial charge in [0.2, 0.25) is 0 Å². The lowest BCUT2D eigenvalue weighted by Crippen LogP contribution is -2.26. The molecule has 1 saturated heterocycles. The molecule has 0 spiro atoms. The molecule has 1 aromatic heterocycles. The molecule has 1 aliphatic rings. The van der Waals surface area contributed by atoms with Gasteiger partial charge in [0.25, 0.3) is 0 Å². The summed E-state index contributed by atoms with van der Waals surface area (Å²) in [5.74, 6) is 0.815. The topological polar surface area (TPSA) is 33.1 Å². The molecule has 1 atom stereocenters. The lowest BCUT2D eigenvalue weighted by atomic mass is 10.1. The summed E-state index contributed by atoms with van der Waals surface area (Å²) in [7, 11) is 0. The smallest absolute Gasteiger partial charge is 0.0991 e. The van der Waals surface area contributed by atoms with E-state index in [1.54, 1.807) is 6.20 Å². The Morgan fingerprint density at radius 1 is 1.29 bits per heavy atom. The molecule has 0 saturated carbocycles. The van der Waals surface area contributed by atoms with Gasteiger partial charge in [0, 0.05) is 31.2 Å². The molecule has 0 bridgehead atoms. The Balaban J connectivity index is 1.46. The highest BCUT2D eigenvalue weighted by Gasteiger charge is 2.20. The van der Waals surface area contributed by atoms with Gasteiger partial charge in [-0.15, -0.1) is 0 Å². The second-order valence-electron chi connectivity index (χ2n) is 5.82. The molecule has 1 aromatic carbocycles. The summed E-state index contributed by atoms with van der Waals surface area (Å²) in [6.07, 6.45) is 6.93. The van der Waals surface area contributed by atoms with Crippen molar-refractivity contribution in [2.75, 3.05) is 26.2 Å². The number of imidazole rings is 1. The first-order chi connectivity index (χ1) is 10.3. The van der Waals surface area contributed by atoms with Crippen LogP contribution in [0.1, 0.15) is 18.9 Å². The average Bonchev–Trinajstić information content (AvgIpc) is 3.19. The largest absolute Gasteiger partial charge is 0.312 e. The molecule has 112 valence electrons. The minimum Gasteiger partial charge on any atom is -0.312 e. The average molecular weight is 284 g/mol. The van der Waals surface area contributed by atoms with Gasteiger partial charge in [0.1, 0.15) is 0 Å². The monoisotopic (exact) mass is 284 g/mol. The highest BCUT2D eigenvalue weighted by atomic mass is 15.1. The van der Waals surface area contributed by atoms with Crippen LogP contribution in [0, 0.1) is 5.92 Å². The zero-order chi connectivity index (χ0) is 14.5. The molecule has 0 radical (unpaired) electrons. The summed E-state index contributed by atoms with van der Waals surface area (Å²) < 4.78 is 2.02. The normalized spacial score (nSPS) is 19.2. The molecular weight excluding hydrogens is 260 g/mol. The highest BCUT2D eigenvalue weighted by molar-refractivity contribution is 5.34. The van der Waals surface area contributed by atoms with Gasteiger partial charge < -0.3 is 14.8 Å². The Bertz CT molecular complexity index is 532. The van der Waals surface area contributed by atoms with Crippen molar-refractivity contribution in [2.45, 2.75) is 19.9 Å². The minimum atomic E-state index is 0.815. The zero-order valence-electron chi connectivity index (χ0n) is 12.7. The summed E-state index contributed by atoms with van der Waals surface area (Å²) >= 11 is 0. The Labute approximate surface area is 126 Å². The van der Waals surface area contributed by atoms with Crippen LogP contribution in [-0.4, -0.2) is 40.6 Å². The second-order valence-corrected chi connectivity index (χ2v) is 5.82. The van der Waals surface area contributed by atoms with E-state index in [2.05, 4.69) is 46.4 Å². The molecule has 4 nitrogen and oxygen atoms in total. The maximum absolute atomic E-state index is 4.07. The maximum Gasteiger partial charge on any atom is 0.0991 e. The SMILES string of the molecule is CCN1CCC(CNCc2ccc(-n3ccnc3)cc2)C1. The third-order valence-corrected chi connectivity index (χ3v) is 4.32. The minimum absolute atomic E-state index is 0.815. The van der Waals surface area contributed by atoms with Crippen molar-refractivity contribution in [3.8, 4) is 5.69 Å². The van der Waals surface area contributed by atoms with Crippen molar-refractivity contribution < 1.29 is 0 Å². The third kappa shape index (κ3) is 3.71.